The van der Waals surface area contributed by atoms with E-state index in [1.54, 1.807) is 23.5 Å². The Morgan fingerprint density at radius 2 is 1.78 bits per heavy atom. The Balaban J connectivity index is 1.79. The highest BCUT2D eigenvalue weighted by molar-refractivity contribution is 7.15. The molecule has 23 heavy (non-hydrogen) atoms. The van der Waals surface area contributed by atoms with Crippen molar-refractivity contribution in [2.75, 3.05) is 5.43 Å². The highest BCUT2D eigenvalue weighted by Gasteiger charge is 2.09. The van der Waals surface area contributed by atoms with Gasteiger partial charge in [0, 0.05) is 10.4 Å². The predicted molar refractivity (Wildman–Crippen MR) is 96.2 cm³/mol. The highest BCUT2D eigenvalue weighted by atomic mass is 32.1. The van der Waals surface area contributed by atoms with Crippen molar-refractivity contribution in [1.29, 1.82) is 0 Å². The fraction of sp³-hybridized carbons (Fsp3) is 0.111. The Morgan fingerprint density at radius 1 is 1.09 bits per heavy atom. The highest BCUT2D eigenvalue weighted by Crippen LogP contribution is 2.30. The van der Waals surface area contributed by atoms with Gasteiger partial charge in [-0.05, 0) is 43.7 Å². The van der Waals surface area contributed by atoms with Gasteiger partial charge in [0.2, 0.25) is 5.13 Å². The molecule has 0 aliphatic rings. The molecular formula is C18H17N3OS. The maximum Gasteiger partial charge on any atom is 0.204 e. The summed E-state index contributed by atoms with van der Waals surface area (Å²) >= 11 is 1.58. The van der Waals surface area contributed by atoms with E-state index in [1.165, 1.54) is 0 Å². The van der Waals surface area contributed by atoms with E-state index in [9.17, 15) is 5.11 Å². The molecule has 0 spiro atoms. The molecule has 1 heterocycles. The monoisotopic (exact) mass is 323 g/mol. The van der Waals surface area contributed by atoms with Gasteiger partial charge in [0.05, 0.1) is 11.4 Å². The minimum absolute atomic E-state index is 0.248. The van der Waals surface area contributed by atoms with Gasteiger partial charge >= 0.3 is 0 Å². The minimum atomic E-state index is 0.248. The third kappa shape index (κ3) is 3.57. The quantitative estimate of drug-likeness (QED) is 0.542. The molecule has 0 saturated heterocycles. The van der Waals surface area contributed by atoms with Gasteiger partial charge in [-0.2, -0.15) is 5.10 Å². The lowest BCUT2D eigenvalue weighted by molar-refractivity contribution is 0.475. The van der Waals surface area contributed by atoms with E-state index in [1.807, 2.05) is 37.3 Å². The molecule has 5 heteroatoms. The first-order chi connectivity index (χ1) is 11.1. The smallest absolute Gasteiger partial charge is 0.204 e. The summed E-state index contributed by atoms with van der Waals surface area (Å²) in [5.41, 5.74) is 6.89. The molecule has 0 atom stereocenters. The average molecular weight is 323 g/mol. The molecule has 4 nitrogen and oxygen atoms in total. The number of phenols is 1. The maximum atomic E-state index is 9.32. The Kier molecular flexibility index (Phi) is 4.39. The number of rotatable bonds is 4. The molecule has 2 N–H and O–H groups in total. The van der Waals surface area contributed by atoms with Crippen LogP contribution in [0, 0.1) is 6.92 Å². The number of thiazole rings is 1. The zero-order valence-electron chi connectivity index (χ0n) is 12.9. The van der Waals surface area contributed by atoms with E-state index < -0.39 is 0 Å². The molecule has 116 valence electrons. The summed E-state index contributed by atoms with van der Waals surface area (Å²) in [6, 6.07) is 17.1. The van der Waals surface area contributed by atoms with E-state index in [-0.39, 0.29) is 5.75 Å². The van der Waals surface area contributed by atoms with Crippen molar-refractivity contribution in [1.82, 2.24) is 4.98 Å². The van der Waals surface area contributed by atoms with E-state index >= 15 is 0 Å². The number of anilines is 1. The molecule has 0 aliphatic carbocycles. The van der Waals surface area contributed by atoms with Crippen LogP contribution in [0.4, 0.5) is 5.13 Å². The summed E-state index contributed by atoms with van der Waals surface area (Å²) in [6.45, 7) is 3.97. The molecule has 0 bridgehead atoms. The number of hydrogen-bond donors (Lipinski definition) is 2. The lowest BCUT2D eigenvalue weighted by Gasteiger charge is -2.01. The van der Waals surface area contributed by atoms with Crippen molar-refractivity contribution in [3.8, 4) is 17.0 Å². The Bertz CT molecular complexity index is 823. The molecule has 0 radical (unpaired) electrons. The number of aromatic nitrogens is 1. The lowest BCUT2D eigenvalue weighted by atomic mass is 10.1. The molecule has 0 unspecified atom stereocenters. The average Bonchev–Trinajstić information content (AvgIpc) is 2.95. The van der Waals surface area contributed by atoms with Gasteiger partial charge in [0.25, 0.3) is 0 Å². The molecule has 3 rings (SSSR count). The lowest BCUT2D eigenvalue weighted by Crippen LogP contribution is -1.99. The second-order valence-electron chi connectivity index (χ2n) is 5.15. The van der Waals surface area contributed by atoms with Crippen LogP contribution in [0.5, 0.6) is 5.75 Å². The standard InChI is InChI=1S/C18H17N3OS/c1-12(14-8-10-16(22)11-9-14)20-21-18-19-17(13(2)23-18)15-6-4-3-5-7-15/h3-11,22H,1-2H3,(H,19,21). The van der Waals surface area contributed by atoms with Crippen LogP contribution in [0.3, 0.4) is 0 Å². The van der Waals surface area contributed by atoms with Gasteiger partial charge in [0.1, 0.15) is 5.75 Å². The second kappa shape index (κ2) is 6.62. The Hall–Kier alpha value is -2.66. The van der Waals surface area contributed by atoms with Crippen LogP contribution in [0.1, 0.15) is 17.4 Å². The summed E-state index contributed by atoms with van der Waals surface area (Å²) in [5.74, 6) is 0.248. The number of benzene rings is 2. The summed E-state index contributed by atoms with van der Waals surface area (Å²) in [4.78, 5) is 5.77. The predicted octanol–water partition coefficient (Wildman–Crippen LogP) is 4.66. The van der Waals surface area contributed by atoms with Gasteiger partial charge in [-0.1, -0.05) is 30.3 Å². The van der Waals surface area contributed by atoms with Crippen molar-refractivity contribution >= 4 is 22.2 Å². The van der Waals surface area contributed by atoms with Crippen molar-refractivity contribution < 1.29 is 5.11 Å². The first-order valence-electron chi connectivity index (χ1n) is 7.26. The zero-order chi connectivity index (χ0) is 16.2. The van der Waals surface area contributed by atoms with E-state index in [4.69, 9.17) is 0 Å². The Labute approximate surface area is 139 Å². The van der Waals surface area contributed by atoms with Crippen molar-refractivity contribution in [3.05, 3.63) is 65.0 Å². The molecule has 1 aromatic heterocycles. The van der Waals surface area contributed by atoms with Gasteiger partial charge in [-0.3, -0.25) is 5.43 Å². The topological polar surface area (TPSA) is 57.5 Å². The van der Waals surface area contributed by atoms with Gasteiger partial charge in [0.15, 0.2) is 0 Å². The second-order valence-corrected chi connectivity index (χ2v) is 6.35. The van der Waals surface area contributed by atoms with Crippen LogP contribution in [0.2, 0.25) is 0 Å². The van der Waals surface area contributed by atoms with E-state index in [0.29, 0.717) is 0 Å². The van der Waals surface area contributed by atoms with Gasteiger partial charge in [-0.25, -0.2) is 4.98 Å². The fourth-order valence-electron chi connectivity index (χ4n) is 2.21. The number of aryl methyl sites for hydroxylation is 1. The third-order valence-electron chi connectivity index (χ3n) is 3.45. The number of hydrazone groups is 1. The van der Waals surface area contributed by atoms with E-state index in [2.05, 4.69) is 34.6 Å². The zero-order valence-corrected chi connectivity index (χ0v) is 13.8. The van der Waals surface area contributed by atoms with Crippen LogP contribution in [-0.4, -0.2) is 15.8 Å². The summed E-state index contributed by atoms with van der Waals surface area (Å²) in [5, 5.41) is 14.5. The van der Waals surface area contributed by atoms with Crippen LogP contribution >= 0.6 is 11.3 Å². The summed E-state index contributed by atoms with van der Waals surface area (Å²) in [7, 11) is 0. The third-order valence-corrected chi connectivity index (χ3v) is 4.32. The van der Waals surface area contributed by atoms with E-state index in [0.717, 1.165) is 32.5 Å². The molecule has 0 aliphatic heterocycles. The van der Waals surface area contributed by atoms with Crippen LogP contribution < -0.4 is 5.43 Å². The SMILES string of the molecule is CC(=NNc1nc(-c2ccccc2)c(C)s1)c1ccc(O)cc1. The molecule has 2 aromatic carbocycles. The number of phenolic OH excluding ortho intramolecular Hbond substituents is 1. The van der Waals surface area contributed by atoms with Crippen molar-refractivity contribution in [3.63, 3.8) is 0 Å². The number of nitrogens with one attached hydrogen (secondary N) is 1. The van der Waals surface area contributed by atoms with Gasteiger partial charge in [-0.15, -0.1) is 11.3 Å². The summed E-state index contributed by atoms with van der Waals surface area (Å²) < 4.78 is 0. The van der Waals surface area contributed by atoms with Crippen molar-refractivity contribution in [2.24, 2.45) is 5.10 Å². The Morgan fingerprint density at radius 3 is 2.48 bits per heavy atom. The van der Waals surface area contributed by atoms with Crippen LogP contribution in [0.25, 0.3) is 11.3 Å². The van der Waals surface area contributed by atoms with Gasteiger partial charge < -0.3 is 5.11 Å². The largest absolute Gasteiger partial charge is 0.508 e. The first kappa shape index (κ1) is 15.2. The molecule has 0 amide bonds. The fourth-order valence-corrected chi connectivity index (χ4v) is 2.99. The molecular weight excluding hydrogens is 306 g/mol. The van der Waals surface area contributed by atoms with Crippen LogP contribution in [0.15, 0.2) is 59.7 Å². The number of aromatic hydroxyl groups is 1. The van der Waals surface area contributed by atoms with Crippen molar-refractivity contribution in [2.45, 2.75) is 13.8 Å². The normalized spacial score (nSPS) is 11.5. The molecule has 0 saturated carbocycles. The first-order valence-corrected chi connectivity index (χ1v) is 8.07. The number of nitrogens with zero attached hydrogens (tertiary/aromatic N) is 2. The molecule has 3 aromatic rings. The maximum absolute atomic E-state index is 9.32. The minimum Gasteiger partial charge on any atom is -0.508 e. The van der Waals surface area contributed by atoms with Crippen LogP contribution in [-0.2, 0) is 0 Å². The molecule has 0 fully saturated rings. The summed E-state index contributed by atoms with van der Waals surface area (Å²) in [6.07, 6.45) is 0. The number of hydrogen-bond acceptors (Lipinski definition) is 5.